The van der Waals surface area contributed by atoms with E-state index in [4.69, 9.17) is 0 Å². The summed E-state index contributed by atoms with van der Waals surface area (Å²) in [5, 5.41) is 2.94. The van der Waals surface area contributed by atoms with Gasteiger partial charge in [-0.15, -0.1) is 0 Å². The quantitative estimate of drug-likeness (QED) is 0.503. The van der Waals surface area contributed by atoms with Gasteiger partial charge in [0.1, 0.15) is 0 Å². The number of benzene rings is 2. The van der Waals surface area contributed by atoms with E-state index in [2.05, 4.69) is 43.3 Å². The highest BCUT2D eigenvalue weighted by atomic mass is 14.2. The van der Waals surface area contributed by atoms with Crippen LogP contribution in [0.1, 0.15) is 81.8 Å². The van der Waals surface area contributed by atoms with E-state index in [0.717, 1.165) is 5.92 Å². The summed E-state index contributed by atoms with van der Waals surface area (Å²) in [5.41, 5.74) is 3.34. The van der Waals surface area contributed by atoms with Crippen molar-refractivity contribution in [3.63, 3.8) is 0 Å². The Labute approximate surface area is 135 Å². The zero-order chi connectivity index (χ0) is 15.2. The van der Waals surface area contributed by atoms with Crippen molar-refractivity contribution in [2.24, 2.45) is 0 Å². The number of aryl methyl sites for hydroxylation is 1. The van der Waals surface area contributed by atoms with E-state index < -0.39 is 0 Å². The first-order valence-corrected chi connectivity index (χ1v) is 9.40. The van der Waals surface area contributed by atoms with Crippen molar-refractivity contribution in [3.8, 4) is 0 Å². The highest BCUT2D eigenvalue weighted by molar-refractivity contribution is 5.87. The van der Waals surface area contributed by atoms with Gasteiger partial charge in [0.25, 0.3) is 0 Å². The Balaban J connectivity index is 1.91. The van der Waals surface area contributed by atoms with E-state index in [1.54, 1.807) is 11.1 Å². The number of fused-ring (bicyclic) bond motifs is 1. The zero-order valence-corrected chi connectivity index (χ0v) is 14.1. The molecule has 1 aliphatic carbocycles. The lowest BCUT2D eigenvalue weighted by atomic mass is 9.80. The number of rotatable bonds is 6. The summed E-state index contributed by atoms with van der Waals surface area (Å²) in [4.78, 5) is 0. The molecule has 0 aliphatic heterocycles. The van der Waals surface area contributed by atoms with Crippen LogP contribution in [0.5, 0.6) is 0 Å². The average Bonchev–Trinajstić information content (AvgIpc) is 2.59. The fourth-order valence-electron chi connectivity index (χ4n) is 4.16. The monoisotopic (exact) mass is 294 g/mol. The van der Waals surface area contributed by atoms with Crippen molar-refractivity contribution in [2.45, 2.75) is 77.0 Å². The fourth-order valence-corrected chi connectivity index (χ4v) is 4.16. The molecule has 0 unspecified atom stereocenters. The molecule has 0 heteroatoms. The molecule has 118 valence electrons. The van der Waals surface area contributed by atoms with Gasteiger partial charge >= 0.3 is 0 Å². The first-order chi connectivity index (χ1) is 10.9. The maximum Gasteiger partial charge on any atom is -0.0149 e. The standard InChI is InChI=1S/C22H30/c1-2-3-4-8-15-22-20-14-10-9-13-19(20)16-17-21(22)18-11-6-5-7-12-18/h9-10,13-14,16-18H,2-8,11-12,15H2,1H3. The van der Waals surface area contributed by atoms with Crippen molar-refractivity contribution < 1.29 is 0 Å². The summed E-state index contributed by atoms with van der Waals surface area (Å²) < 4.78 is 0. The molecule has 0 atom stereocenters. The molecule has 0 N–H and O–H groups in total. The summed E-state index contributed by atoms with van der Waals surface area (Å²) in [6.45, 7) is 2.30. The van der Waals surface area contributed by atoms with E-state index in [0.29, 0.717) is 0 Å². The van der Waals surface area contributed by atoms with Crippen molar-refractivity contribution in [1.29, 1.82) is 0 Å². The normalized spacial score (nSPS) is 16.2. The lowest BCUT2D eigenvalue weighted by Crippen LogP contribution is -2.08. The second kappa shape index (κ2) is 7.81. The Morgan fingerprint density at radius 2 is 1.68 bits per heavy atom. The number of hydrogen-bond acceptors (Lipinski definition) is 0. The van der Waals surface area contributed by atoms with Crippen LogP contribution in [0.3, 0.4) is 0 Å². The Morgan fingerprint density at radius 3 is 2.50 bits per heavy atom. The summed E-state index contributed by atoms with van der Waals surface area (Å²) in [5.74, 6) is 0.819. The molecule has 1 aliphatic rings. The number of hydrogen-bond donors (Lipinski definition) is 0. The van der Waals surface area contributed by atoms with Gasteiger partial charge in [-0.25, -0.2) is 0 Å². The van der Waals surface area contributed by atoms with E-state index in [9.17, 15) is 0 Å². The van der Waals surface area contributed by atoms with Crippen molar-refractivity contribution >= 4 is 10.8 Å². The van der Waals surface area contributed by atoms with Crippen LogP contribution in [-0.2, 0) is 6.42 Å². The topological polar surface area (TPSA) is 0 Å². The minimum Gasteiger partial charge on any atom is -0.0654 e. The van der Waals surface area contributed by atoms with Gasteiger partial charge in [-0.1, -0.05) is 81.8 Å². The van der Waals surface area contributed by atoms with E-state index in [1.165, 1.54) is 75.0 Å². The molecule has 1 saturated carbocycles. The molecule has 0 amide bonds. The molecule has 1 fully saturated rings. The van der Waals surface area contributed by atoms with Gasteiger partial charge in [-0.2, -0.15) is 0 Å². The third-order valence-electron chi connectivity index (χ3n) is 5.40. The first kappa shape index (κ1) is 15.6. The lowest BCUT2D eigenvalue weighted by Gasteiger charge is -2.25. The molecular formula is C22H30. The van der Waals surface area contributed by atoms with Gasteiger partial charge in [0.15, 0.2) is 0 Å². The van der Waals surface area contributed by atoms with Crippen LogP contribution in [0, 0.1) is 0 Å². The average molecular weight is 294 g/mol. The minimum absolute atomic E-state index is 0.819. The van der Waals surface area contributed by atoms with E-state index in [-0.39, 0.29) is 0 Å². The van der Waals surface area contributed by atoms with E-state index in [1.807, 2.05) is 0 Å². The van der Waals surface area contributed by atoms with Crippen LogP contribution in [0.15, 0.2) is 36.4 Å². The molecule has 0 aromatic heterocycles. The molecule has 22 heavy (non-hydrogen) atoms. The molecule has 0 nitrogen and oxygen atoms in total. The van der Waals surface area contributed by atoms with Gasteiger partial charge in [0.05, 0.1) is 0 Å². The Morgan fingerprint density at radius 1 is 0.864 bits per heavy atom. The van der Waals surface area contributed by atoms with Gasteiger partial charge < -0.3 is 0 Å². The molecule has 0 saturated heterocycles. The highest BCUT2D eigenvalue weighted by Crippen LogP contribution is 2.37. The van der Waals surface area contributed by atoms with Crippen molar-refractivity contribution in [3.05, 3.63) is 47.5 Å². The molecule has 0 radical (unpaired) electrons. The predicted molar refractivity (Wildman–Crippen MR) is 97.6 cm³/mol. The van der Waals surface area contributed by atoms with Crippen LogP contribution in [0.4, 0.5) is 0 Å². The van der Waals surface area contributed by atoms with E-state index >= 15 is 0 Å². The maximum atomic E-state index is 2.45. The molecule has 2 aromatic carbocycles. The highest BCUT2D eigenvalue weighted by Gasteiger charge is 2.19. The molecule has 0 heterocycles. The third kappa shape index (κ3) is 3.54. The second-order valence-corrected chi connectivity index (χ2v) is 7.00. The van der Waals surface area contributed by atoms with Crippen molar-refractivity contribution in [2.75, 3.05) is 0 Å². The Hall–Kier alpha value is -1.30. The Kier molecular flexibility index (Phi) is 5.53. The summed E-state index contributed by atoms with van der Waals surface area (Å²) >= 11 is 0. The fraction of sp³-hybridized carbons (Fsp3) is 0.545. The van der Waals surface area contributed by atoms with Gasteiger partial charge in [-0.3, -0.25) is 0 Å². The summed E-state index contributed by atoms with van der Waals surface area (Å²) in [7, 11) is 0. The van der Waals surface area contributed by atoms with Crippen molar-refractivity contribution in [1.82, 2.24) is 0 Å². The molecule has 3 rings (SSSR count). The lowest BCUT2D eigenvalue weighted by molar-refractivity contribution is 0.441. The molecule has 2 aromatic rings. The molecular weight excluding hydrogens is 264 g/mol. The van der Waals surface area contributed by atoms with Crippen LogP contribution >= 0.6 is 0 Å². The molecule has 0 bridgehead atoms. The minimum atomic E-state index is 0.819. The predicted octanol–water partition coefficient (Wildman–Crippen LogP) is 7.01. The van der Waals surface area contributed by atoms with Crippen LogP contribution < -0.4 is 0 Å². The summed E-state index contributed by atoms with van der Waals surface area (Å²) in [6.07, 6.45) is 13.8. The second-order valence-electron chi connectivity index (χ2n) is 7.00. The van der Waals surface area contributed by atoms with Crippen LogP contribution in [-0.4, -0.2) is 0 Å². The largest absolute Gasteiger partial charge is 0.0654 e. The van der Waals surface area contributed by atoms with Crippen LogP contribution in [0.2, 0.25) is 0 Å². The maximum absolute atomic E-state index is 2.45. The first-order valence-electron chi connectivity index (χ1n) is 9.40. The summed E-state index contributed by atoms with van der Waals surface area (Å²) in [6, 6.07) is 13.8. The van der Waals surface area contributed by atoms with Crippen LogP contribution in [0.25, 0.3) is 10.8 Å². The smallest absolute Gasteiger partial charge is 0.0149 e. The van der Waals surface area contributed by atoms with Gasteiger partial charge in [0.2, 0.25) is 0 Å². The van der Waals surface area contributed by atoms with Gasteiger partial charge in [0, 0.05) is 0 Å². The zero-order valence-electron chi connectivity index (χ0n) is 14.1. The molecule has 0 spiro atoms. The number of unbranched alkanes of at least 4 members (excludes halogenated alkanes) is 3. The third-order valence-corrected chi connectivity index (χ3v) is 5.40. The van der Waals surface area contributed by atoms with Gasteiger partial charge in [-0.05, 0) is 53.5 Å². The SMILES string of the molecule is CCCCCCc1c(C2CCCCC2)ccc2ccccc12. The Bertz CT molecular complexity index is 590.